The summed E-state index contributed by atoms with van der Waals surface area (Å²) in [5.41, 5.74) is 1.34. The molecule has 1 aliphatic rings. The number of sulfonamides is 1. The molecule has 1 fully saturated rings. The van der Waals surface area contributed by atoms with E-state index in [1.807, 2.05) is 6.92 Å². The molecule has 1 aromatic heterocycles. The smallest absolute Gasteiger partial charge is 0.214 e. The number of rotatable bonds is 6. The lowest BCUT2D eigenvalue weighted by atomic mass is 10.0. The maximum absolute atomic E-state index is 12.1. The number of nitrogens with zero attached hydrogens (tertiary/aromatic N) is 1. The molecule has 0 saturated carbocycles. The zero-order chi connectivity index (χ0) is 15.5. The molecule has 6 heteroatoms. The third-order valence-electron chi connectivity index (χ3n) is 4.09. The fourth-order valence-corrected chi connectivity index (χ4v) is 5.43. The molecule has 21 heavy (non-hydrogen) atoms. The van der Waals surface area contributed by atoms with Crippen molar-refractivity contribution in [3.05, 3.63) is 21.9 Å². The summed E-state index contributed by atoms with van der Waals surface area (Å²) in [6.07, 6.45) is 2.49. The van der Waals surface area contributed by atoms with Gasteiger partial charge < -0.3 is 5.32 Å². The van der Waals surface area contributed by atoms with Gasteiger partial charge in [0.1, 0.15) is 0 Å². The van der Waals surface area contributed by atoms with E-state index in [1.54, 1.807) is 15.6 Å². The van der Waals surface area contributed by atoms with Gasteiger partial charge in [0.2, 0.25) is 10.0 Å². The minimum absolute atomic E-state index is 0.274. The summed E-state index contributed by atoms with van der Waals surface area (Å²) in [5, 5.41) is 5.78. The van der Waals surface area contributed by atoms with E-state index in [1.165, 1.54) is 10.4 Å². The van der Waals surface area contributed by atoms with Gasteiger partial charge in [-0.15, -0.1) is 11.3 Å². The highest BCUT2D eigenvalue weighted by Crippen LogP contribution is 2.25. The van der Waals surface area contributed by atoms with Gasteiger partial charge in [-0.1, -0.05) is 6.92 Å². The normalized spacial score (nSPS) is 19.8. The Hall–Kier alpha value is -0.430. The van der Waals surface area contributed by atoms with Crippen molar-refractivity contribution < 1.29 is 8.42 Å². The van der Waals surface area contributed by atoms with Crippen LogP contribution >= 0.6 is 11.3 Å². The molecule has 0 radical (unpaired) electrons. The predicted octanol–water partition coefficient (Wildman–Crippen LogP) is 2.91. The van der Waals surface area contributed by atoms with Gasteiger partial charge in [0.25, 0.3) is 0 Å². The predicted molar refractivity (Wildman–Crippen MR) is 89.3 cm³/mol. The highest BCUT2D eigenvalue weighted by molar-refractivity contribution is 7.89. The summed E-state index contributed by atoms with van der Waals surface area (Å²) in [4.78, 5) is 1.39. The molecule has 4 nitrogen and oxygen atoms in total. The van der Waals surface area contributed by atoms with Crippen LogP contribution in [0.25, 0.3) is 0 Å². The molecule has 1 atom stereocenters. The Morgan fingerprint density at radius 3 is 2.62 bits per heavy atom. The maximum atomic E-state index is 12.1. The molecule has 2 heterocycles. The monoisotopic (exact) mass is 330 g/mol. The largest absolute Gasteiger partial charge is 0.307 e. The van der Waals surface area contributed by atoms with Gasteiger partial charge in [-0.3, -0.25) is 0 Å². The number of thiophene rings is 1. The van der Waals surface area contributed by atoms with Crippen molar-refractivity contribution in [1.29, 1.82) is 0 Å². The van der Waals surface area contributed by atoms with E-state index in [0.29, 0.717) is 31.6 Å². The Morgan fingerprint density at radius 2 is 2.10 bits per heavy atom. The van der Waals surface area contributed by atoms with Crippen LogP contribution in [0.1, 0.15) is 49.6 Å². The molecule has 1 N–H and O–H groups in total. The first-order valence-electron chi connectivity index (χ1n) is 7.72. The van der Waals surface area contributed by atoms with Crippen molar-refractivity contribution in [2.75, 3.05) is 18.8 Å². The van der Waals surface area contributed by atoms with Crippen molar-refractivity contribution >= 4 is 21.4 Å². The Kier molecular flexibility index (Phi) is 5.82. The van der Waals surface area contributed by atoms with Crippen LogP contribution in [0.4, 0.5) is 0 Å². The Balaban J connectivity index is 1.86. The van der Waals surface area contributed by atoms with Gasteiger partial charge in [0.15, 0.2) is 0 Å². The van der Waals surface area contributed by atoms with Gasteiger partial charge in [-0.05, 0) is 50.1 Å². The van der Waals surface area contributed by atoms with Crippen LogP contribution < -0.4 is 5.32 Å². The molecule has 2 rings (SSSR count). The lowest BCUT2D eigenvalue weighted by molar-refractivity contribution is 0.277. The average Bonchev–Trinajstić information content (AvgIpc) is 2.85. The van der Waals surface area contributed by atoms with Crippen LogP contribution in [-0.2, 0) is 10.0 Å². The van der Waals surface area contributed by atoms with E-state index in [2.05, 4.69) is 30.6 Å². The maximum Gasteiger partial charge on any atom is 0.214 e. The van der Waals surface area contributed by atoms with Crippen LogP contribution in [0.5, 0.6) is 0 Å². The zero-order valence-electron chi connectivity index (χ0n) is 13.1. The molecular formula is C15H26N2O2S2. The average molecular weight is 331 g/mol. The first-order valence-corrected chi connectivity index (χ1v) is 10.2. The van der Waals surface area contributed by atoms with Gasteiger partial charge in [0, 0.05) is 30.1 Å². The van der Waals surface area contributed by atoms with E-state index in [9.17, 15) is 8.42 Å². The number of hydrogen-bond donors (Lipinski definition) is 1. The molecule has 0 amide bonds. The SMILES string of the molecule is CCCS(=O)(=O)N1CCC(NC(C)c2sccc2C)CC1. The first-order chi connectivity index (χ1) is 9.94. The van der Waals surface area contributed by atoms with Crippen LogP contribution in [-0.4, -0.2) is 37.6 Å². The van der Waals surface area contributed by atoms with Crippen LogP contribution in [0.3, 0.4) is 0 Å². The Morgan fingerprint density at radius 1 is 1.43 bits per heavy atom. The highest BCUT2D eigenvalue weighted by atomic mass is 32.2. The number of piperidine rings is 1. The van der Waals surface area contributed by atoms with Gasteiger partial charge in [-0.25, -0.2) is 12.7 Å². The van der Waals surface area contributed by atoms with Crippen molar-refractivity contribution in [1.82, 2.24) is 9.62 Å². The molecule has 0 aromatic carbocycles. The first kappa shape index (κ1) is 16.9. The second-order valence-corrected chi connectivity index (χ2v) is 8.88. The fourth-order valence-electron chi connectivity index (χ4n) is 2.94. The van der Waals surface area contributed by atoms with Crippen LogP contribution in [0.2, 0.25) is 0 Å². The van der Waals surface area contributed by atoms with E-state index < -0.39 is 10.0 Å². The topological polar surface area (TPSA) is 49.4 Å². The molecule has 1 aliphatic heterocycles. The van der Waals surface area contributed by atoms with Gasteiger partial charge >= 0.3 is 0 Å². The summed E-state index contributed by atoms with van der Waals surface area (Å²) >= 11 is 1.79. The summed E-state index contributed by atoms with van der Waals surface area (Å²) in [6.45, 7) is 7.55. The molecule has 0 spiro atoms. The molecule has 0 bridgehead atoms. The third kappa shape index (κ3) is 4.28. The Bertz CT molecular complexity index is 546. The molecule has 1 unspecified atom stereocenters. The second kappa shape index (κ2) is 7.22. The number of hydrogen-bond acceptors (Lipinski definition) is 4. The van der Waals surface area contributed by atoms with E-state index in [-0.39, 0.29) is 5.75 Å². The van der Waals surface area contributed by atoms with Crippen LogP contribution in [0, 0.1) is 6.92 Å². The summed E-state index contributed by atoms with van der Waals surface area (Å²) in [6, 6.07) is 2.90. The Labute approximate surface area is 132 Å². The van der Waals surface area contributed by atoms with Gasteiger partial charge in [0.05, 0.1) is 5.75 Å². The standard InChI is InChI=1S/C15H26N2O2S2/c1-4-11-21(18,19)17-8-5-14(6-9-17)16-13(3)15-12(2)7-10-20-15/h7,10,13-14,16H,4-6,8-9,11H2,1-3H3. The molecule has 0 aliphatic carbocycles. The number of aryl methyl sites for hydroxylation is 1. The van der Waals surface area contributed by atoms with Crippen molar-refractivity contribution in [2.45, 2.75) is 52.1 Å². The molecular weight excluding hydrogens is 304 g/mol. The minimum atomic E-state index is -3.03. The van der Waals surface area contributed by atoms with Gasteiger partial charge in [-0.2, -0.15) is 0 Å². The van der Waals surface area contributed by atoms with Crippen molar-refractivity contribution in [3.63, 3.8) is 0 Å². The lowest BCUT2D eigenvalue weighted by Crippen LogP contribution is -2.46. The summed E-state index contributed by atoms with van der Waals surface area (Å²) < 4.78 is 25.8. The van der Waals surface area contributed by atoms with Crippen molar-refractivity contribution in [2.24, 2.45) is 0 Å². The third-order valence-corrected chi connectivity index (χ3v) is 7.37. The number of nitrogens with one attached hydrogen (secondary N) is 1. The molecule has 120 valence electrons. The fraction of sp³-hybridized carbons (Fsp3) is 0.733. The van der Waals surface area contributed by atoms with E-state index >= 15 is 0 Å². The molecule has 1 saturated heterocycles. The minimum Gasteiger partial charge on any atom is -0.307 e. The van der Waals surface area contributed by atoms with Crippen molar-refractivity contribution in [3.8, 4) is 0 Å². The van der Waals surface area contributed by atoms with E-state index in [4.69, 9.17) is 0 Å². The second-order valence-electron chi connectivity index (χ2n) is 5.85. The highest BCUT2D eigenvalue weighted by Gasteiger charge is 2.28. The van der Waals surface area contributed by atoms with E-state index in [0.717, 1.165) is 12.8 Å². The van der Waals surface area contributed by atoms with Crippen LogP contribution in [0.15, 0.2) is 11.4 Å². The summed E-state index contributed by atoms with van der Waals surface area (Å²) in [7, 11) is -3.03. The summed E-state index contributed by atoms with van der Waals surface area (Å²) in [5.74, 6) is 0.274. The zero-order valence-corrected chi connectivity index (χ0v) is 14.8. The molecule has 1 aromatic rings. The quantitative estimate of drug-likeness (QED) is 0.872. The lowest BCUT2D eigenvalue weighted by Gasteiger charge is -2.33.